The van der Waals surface area contributed by atoms with Gasteiger partial charge in [-0.3, -0.25) is 5.10 Å². The minimum atomic E-state index is 0.422. The predicted octanol–water partition coefficient (Wildman–Crippen LogP) is 1.43. The Balaban J connectivity index is 2.35. The number of amidine groups is 1. The molecule has 1 aliphatic heterocycles. The quantitative estimate of drug-likeness (QED) is 0.784. The van der Waals surface area contributed by atoms with Crippen molar-refractivity contribution in [2.45, 2.75) is 6.92 Å². The van der Waals surface area contributed by atoms with Gasteiger partial charge in [0.25, 0.3) is 0 Å². The van der Waals surface area contributed by atoms with Crippen molar-refractivity contribution in [2.24, 2.45) is 10.7 Å². The van der Waals surface area contributed by atoms with Gasteiger partial charge in [0.2, 0.25) is 0 Å². The summed E-state index contributed by atoms with van der Waals surface area (Å²) in [5, 5.41) is 6.70. The van der Waals surface area contributed by atoms with Crippen LogP contribution in [0.15, 0.2) is 48.1 Å². The Bertz CT molecular complexity index is 478. The molecule has 0 aromatic carbocycles. The molecule has 16 heavy (non-hydrogen) atoms. The molecule has 82 valence electrons. The standard InChI is InChI=1S/C11H13N5/c1-3-10(9-6-14-15-7-9)16-5-4-13-11(12)8(16)2/h3-7H,2H2,1H3,(H2,12,13)(H,14,15)/b10-3-. The molecule has 0 amide bonds. The van der Waals surface area contributed by atoms with Crippen LogP contribution in [0.25, 0.3) is 5.70 Å². The normalized spacial score (nSPS) is 16.6. The number of aromatic nitrogens is 2. The second-order valence-electron chi connectivity index (χ2n) is 3.29. The van der Waals surface area contributed by atoms with E-state index < -0.39 is 0 Å². The number of hydrogen-bond acceptors (Lipinski definition) is 4. The van der Waals surface area contributed by atoms with E-state index in [0.717, 1.165) is 11.3 Å². The van der Waals surface area contributed by atoms with Crippen molar-refractivity contribution in [1.82, 2.24) is 15.1 Å². The maximum atomic E-state index is 5.72. The summed E-state index contributed by atoms with van der Waals surface area (Å²) < 4.78 is 0. The molecule has 0 atom stereocenters. The zero-order chi connectivity index (χ0) is 11.5. The monoisotopic (exact) mass is 215 g/mol. The average molecular weight is 215 g/mol. The lowest BCUT2D eigenvalue weighted by molar-refractivity contribution is 0.682. The fourth-order valence-electron chi connectivity index (χ4n) is 1.53. The number of allylic oxidation sites excluding steroid dienone is 1. The Morgan fingerprint density at radius 2 is 2.44 bits per heavy atom. The fourth-order valence-corrected chi connectivity index (χ4v) is 1.53. The van der Waals surface area contributed by atoms with E-state index >= 15 is 0 Å². The molecule has 0 radical (unpaired) electrons. The zero-order valence-corrected chi connectivity index (χ0v) is 9.01. The lowest BCUT2D eigenvalue weighted by atomic mass is 10.2. The molecule has 1 aromatic rings. The van der Waals surface area contributed by atoms with E-state index in [-0.39, 0.29) is 0 Å². The number of nitrogens with zero attached hydrogens (tertiary/aromatic N) is 3. The first-order valence-electron chi connectivity index (χ1n) is 4.88. The van der Waals surface area contributed by atoms with Crippen LogP contribution in [0.1, 0.15) is 12.5 Å². The summed E-state index contributed by atoms with van der Waals surface area (Å²) in [7, 11) is 0. The number of rotatable bonds is 2. The molecule has 2 heterocycles. The van der Waals surface area contributed by atoms with Crippen molar-refractivity contribution < 1.29 is 0 Å². The highest BCUT2D eigenvalue weighted by molar-refractivity contribution is 5.98. The van der Waals surface area contributed by atoms with Crippen molar-refractivity contribution in [3.8, 4) is 0 Å². The molecular weight excluding hydrogens is 202 g/mol. The lowest BCUT2D eigenvalue weighted by Gasteiger charge is -2.26. The third-order valence-corrected chi connectivity index (χ3v) is 2.34. The highest BCUT2D eigenvalue weighted by Crippen LogP contribution is 2.24. The summed E-state index contributed by atoms with van der Waals surface area (Å²) in [6.07, 6.45) is 9.00. The Hall–Kier alpha value is -2.30. The Morgan fingerprint density at radius 3 is 3.06 bits per heavy atom. The third-order valence-electron chi connectivity index (χ3n) is 2.34. The van der Waals surface area contributed by atoms with Gasteiger partial charge >= 0.3 is 0 Å². The second kappa shape index (κ2) is 4.06. The van der Waals surface area contributed by atoms with Crippen LogP contribution in [-0.4, -0.2) is 20.9 Å². The summed E-state index contributed by atoms with van der Waals surface area (Å²) in [6, 6.07) is 0. The van der Waals surface area contributed by atoms with Crippen LogP contribution in [0, 0.1) is 0 Å². The number of nitrogens with two attached hydrogens (primary N) is 1. The number of hydrogen-bond donors (Lipinski definition) is 2. The molecule has 1 aliphatic rings. The van der Waals surface area contributed by atoms with E-state index in [2.05, 4.69) is 21.8 Å². The van der Waals surface area contributed by atoms with Crippen molar-refractivity contribution >= 4 is 11.5 Å². The van der Waals surface area contributed by atoms with Crippen molar-refractivity contribution in [1.29, 1.82) is 0 Å². The Morgan fingerprint density at radius 1 is 1.62 bits per heavy atom. The molecule has 5 nitrogen and oxygen atoms in total. The van der Waals surface area contributed by atoms with E-state index in [1.165, 1.54) is 0 Å². The zero-order valence-electron chi connectivity index (χ0n) is 9.01. The first-order valence-corrected chi connectivity index (χ1v) is 4.88. The third kappa shape index (κ3) is 1.63. The summed E-state index contributed by atoms with van der Waals surface area (Å²) in [5.74, 6) is 0.422. The van der Waals surface area contributed by atoms with Crippen LogP contribution in [0.2, 0.25) is 0 Å². The summed E-state index contributed by atoms with van der Waals surface area (Å²) in [5.41, 5.74) is 8.33. The fraction of sp³-hybridized carbons (Fsp3) is 0.0909. The first-order chi connectivity index (χ1) is 7.74. The van der Waals surface area contributed by atoms with Crippen LogP contribution in [0.4, 0.5) is 0 Å². The average Bonchev–Trinajstić information content (AvgIpc) is 2.79. The lowest BCUT2D eigenvalue weighted by Crippen LogP contribution is -2.28. The molecule has 2 rings (SSSR count). The van der Waals surface area contributed by atoms with E-state index in [1.807, 2.05) is 30.3 Å². The van der Waals surface area contributed by atoms with Gasteiger partial charge in [0, 0.05) is 24.2 Å². The molecule has 5 heteroatoms. The van der Waals surface area contributed by atoms with E-state index in [9.17, 15) is 0 Å². The van der Waals surface area contributed by atoms with Gasteiger partial charge in [0.15, 0.2) is 0 Å². The Kier molecular flexibility index (Phi) is 2.59. The Labute approximate surface area is 93.7 Å². The minimum Gasteiger partial charge on any atom is -0.382 e. The number of aromatic amines is 1. The van der Waals surface area contributed by atoms with Gasteiger partial charge in [0.1, 0.15) is 5.84 Å². The highest BCUT2D eigenvalue weighted by Gasteiger charge is 2.17. The van der Waals surface area contributed by atoms with Gasteiger partial charge in [-0.25, -0.2) is 4.99 Å². The summed E-state index contributed by atoms with van der Waals surface area (Å²) in [4.78, 5) is 5.86. The maximum absolute atomic E-state index is 5.72. The highest BCUT2D eigenvalue weighted by atomic mass is 15.2. The van der Waals surface area contributed by atoms with Crippen molar-refractivity contribution in [2.75, 3.05) is 0 Å². The number of H-pyrrole nitrogens is 1. The molecule has 1 aromatic heterocycles. The smallest absolute Gasteiger partial charge is 0.147 e. The SMILES string of the molecule is C=C1C(N)=NC=CN1/C(=C\C)c1cn[nH]c1. The largest absolute Gasteiger partial charge is 0.382 e. The first kappa shape index (κ1) is 10.2. The molecule has 0 unspecified atom stereocenters. The van der Waals surface area contributed by atoms with Gasteiger partial charge in [0.05, 0.1) is 17.6 Å². The molecule has 3 N–H and O–H groups in total. The van der Waals surface area contributed by atoms with E-state index in [4.69, 9.17) is 5.73 Å². The van der Waals surface area contributed by atoms with Crippen LogP contribution in [0.5, 0.6) is 0 Å². The van der Waals surface area contributed by atoms with E-state index in [1.54, 1.807) is 12.4 Å². The minimum absolute atomic E-state index is 0.422. The van der Waals surface area contributed by atoms with Crippen LogP contribution in [0.3, 0.4) is 0 Å². The van der Waals surface area contributed by atoms with Gasteiger partial charge in [-0.15, -0.1) is 0 Å². The number of nitrogens with one attached hydrogen (secondary N) is 1. The molecule has 0 aliphatic carbocycles. The van der Waals surface area contributed by atoms with Crippen molar-refractivity contribution in [3.63, 3.8) is 0 Å². The van der Waals surface area contributed by atoms with E-state index in [0.29, 0.717) is 11.5 Å². The van der Waals surface area contributed by atoms with Crippen LogP contribution < -0.4 is 5.73 Å². The number of aliphatic imine (C=N–C) groups is 1. The second-order valence-corrected chi connectivity index (χ2v) is 3.29. The predicted molar refractivity (Wildman–Crippen MR) is 64.0 cm³/mol. The van der Waals surface area contributed by atoms with Crippen molar-refractivity contribution in [3.05, 3.63) is 48.7 Å². The van der Waals surface area contributed by atoms with Crippen LogP contribution >= 0.6 is 0 Å². The van der Waals surface area contributed by atoms with Crippen LogP contribution in [-0.2, 0) is 0 Å². The molecule has 0 bridgehead atoms. The topological polar surface area (TPSA) is 70.3 Å². The summed E-state index contributed by atoms with van der Waals surface area (Å²) >= 11 is 0. The molecule has 0 saturated heterocycles. The summed E-state index contributed by atoms with van der Waals surface area (Å²) in [6.45, 7) is 5.85. The molecule has 0 saturated carbocycles. The molecular formula is C11H13N5. The van der Waals surface area contributed by atoms with Gasteiger partial charge in [-0.2, -0.15) is 5.10 Å². The molecule has 0 fully saturated rings. The van der Waals surface area contributed by atoms with Gasteiger partial charge in [-0.1, -0.05) is 12.7 Å². The van der Waals surface area contributed by atoms with Gasteiger partial charge in [-0.05, 0) is 6.92 Å². The molecule has 0 spiro atoms. The maximum Gasteiger partial charge on any atom is 0.147 e. The van der Waals surface area contributed by atoms with Gasteiger partial charge < -0.3 is 10.6 Å².